The van der Waals surface area contributed by atoms with Gasteiger partial charge in [-0.1, -0.05) is 142 Å². The van der Waals surface area contributed by atoms with E-state index in [9.17, 15) is 0 Å². The highest BCUT2D eigenvalue weighted by molar-refractivity contribution is 6.03. The molecule has 4 aliphatic rings. The number of hydrogen-bond acceptors (Lipinski definition) is 2. The molecule has 1 heterocycles. The maximum atomic E-state index is 6.62. The molecule has 50 heavy (non-hydrogen) atoms. The molecule has 0 spiro atoms. The summed E-state index contributed by atoms with van der Waals surface area (Å²) in [5, 5.41) is 1.10. The molecule has 240 valence electrons. The van der Waals surface area contributed by atoms with E-state index in [1.807, 2.05) is 18.2 Å². The van der Waals surface area contributed by atoms with Crippen LogP contribution in [0.3, 0.4) is 0 Å². The van der Waals surface area contributed by atoms with E-state index in [0.717, 1.165) is 52.0 Å². The van der Waals surface area contributed by atoms with Gasteiger partial charge in [0, 0.05) is 50.3 Å². The van der Waals surface area contributed by atoms with Crippen molar-refractivity contribution in [2.75, 3.05) is 4.90 Å². The lowest BCUT2D eigenvalue weighted by atomic mass is 9.79. The SMILES string of the molecule is CC1(C)C2=CCCC(N(c3ccccc3C3=C=C=Cc4c3oc3ccccc43)c3cccc4c3-c3ccccc3C4(C)C)=C2c2ccccc21. The third kappa shape index (κ3) is 3.87. The number of anilines is 2. The quantitative estimate of drug-likeness (QED) is 0.177. The number of furan rings is 1. The fraction of sp³-hybridized carbons (Fsp3) is 0.167. The fourth-order valence-corrected chi connectivity index (χ4v) is 9.26. The van der Waals surface area contributed by atoms with Crippen LogP contribution in [0, 0.1) is 0 Å². The van der Waals surface area contributed by atoms with E-state index < -0.39 is 0 Å². The molecule has 0 unspecified atom stereocenters. The van der Waals surface area contributed by atoms with E-state index in [2.05, 4.69) is 153 Å². The number of para-hydroxylation sites is 2. The standard InChI is InChI=1S/C48H37NO/c1-47(2)36-22-9-5-18-34(36)44-38(47)24-14-27-41(44)49(42-28-15-25-39-45(42)35-19-6-10-23-37(35)48(39,3)4)40-26-11-7-16-30(40)32-20-13-21-33-31-17-8-12-29-43(31)50-46(32)33/h5-12,14,16-19,21-27,29H,15,28H2,1-4H3. The molecule has 5 aromatic carbocycles. The summed E-state index contributed by atoms with van der Waals surface area (Å²) in [5.74, 6) is 0.844. The largest absolute Gasteiger partial charge is 0.455 e. The first kappa shape index (κ1) is 29.2. The van der Waals surface area contributed by atoms with Gasteiger partial charge in [0.05, 0.1) is 16.9 Å². The zero-order valence-corrected chi connectivity index (χ0v) is 28.9. The number of benzene rings is 5. The van der Waals surface area contributed by atoms with Crippen molar-refractivity contribution >= 4 is 39.6 Å². The molecule has 1 aromatic heterocycles. The number of hydrogen-bond donors (Lipinski definition) is 0. The van der Waals surface area contributed by atoms with E-state index in [4.69, 9.17) is 4.42 Å². The Balaban J connectivity index is 1.30. The summed E-state index contributed by atoms with van der Waals surface area (Å²) in [5.41, 5.74) is 25.2. The minimum Gasteiger partial charge on any atom is -0.455 e. The number of allylic oxidation sites excluding steroid dienone is 4. The first-order valence-corrected chi connectivity index (χ1v) is 17.8. The van der Waals surface area contributed by atoms with Crippen LogP contribution in [0.5, 0.6) is 0 Å². The summed E-state index contributed by atoms with van der Waals surface area (Å²) in [4.78, 5) is 2.60. The van der Waals surface area contributed by atoms with E-state index in [0.29, 0.717) is 0 Å². The van der Waals surface area contributed by atoms with Gasteiger partial charge in [0.25, 0.3) is 0 Å². The molecule has 2 nitrogen and oxygen atoms in total. The Hall–Kier alpha value is -5.78. The van der Waals surface area contributed by atoms with E-state index in [-0.39, 0.29) is 10.8 Å². The van der Waals surface area contributed by atoms with Crippen LogP contribution in [0.1, 0.15) is 79.7 Å². The third-order valence-electron chi connectivity index (χ3n) is 11.6. The van der Waals surface area contributed by atoms with Crippen molar-refractivity contribution in [1.29, 1.82) is 0 Å². The van der Waals surface area contributed by atoms with Gasteiger partial charge in [-0.15, -0.1) is 0 Å². The Bertz CT molecular complexity index is 2620. The van der Waals surface area contributed by atoms with E-state index in [1.165, 1.54) is 55.9 Å². The highest BCUT2D eigenvalue weighted by Crippen LogP contribution is 2.58. The molecular weight excluding hydrogens is 607 g/mol. The maximum Gasteiger partial charge on any atom is 0.152 e. The van der Waals surface area contributed by atoms with E-state index >= 15 is 0 Å². The molecule has 6 aromatic rings. The molecule has 0 saturated heterocycles. The fourth-order valence-electron chi connectivity index (χ4n) is 9.26. The zero-order valence-electron chi connectivity index (χ0n) is 28.9. The first-order valence-electron chi connectivity index (χ1n) is 17.8. The number of nitrogens with zero attached hydrogens (tertiary/aromatic N) is 1. The zero-order chi connectivity index (χ0) is 33.8. The van der Waals surface area contributed by atoms with Crippen LogP contribution in [0.25, 0.3) is 39.3 Å². The van der Waals surface area contributed by atoms with Gasteiger partial charge < -0.3 is 9.32 Å². The smallest absolute Gasteiger partial charge is 0.152 e. The molecule has 2 heteroatoms. The van der Waals surface area contributed by atoms with Crippen LogP contribution in [0.2, 0.25) is 0 Å². The van der Waals surface area contributed by atoms with Gasteiger partial charge in [-0.2, -0.15) is 0 Å². The van der Waals surface area contributed by atoms with Crippen LogP contribution in [0.4, 0.5) is 11.4 Å². The molecule has 10 rings (SSSR count). The summed E-state index contributed by atoms with van der Waals surface area (Å²) in [6.45, 7) is 9.51. The van der Waals surface area contributed by atoms with Crippen molar-refractivity contribution < 1.29 is 4.42 Å². The number of fused-ring (bicyclic) bond motifs is 9. The van der Waals surface area contributed by atoms with Crippen molar-refractivity contribution in [3.05, 3.63) is 183 Å². The Morgan fingerprint density at radius 2 is 1.30 bits per heavy atom. The van der Waals surface area contributed by atoms with Crippen molar-refractivity contribution in [3.63, 3.8) is 0 Å². The summed E-state index contributed by atoms with van der Waals surface area (Å²) < 4.78 is 6.62. The molecule has 0 amide bonds. The molecule has 0 fully saturated rings. The van der Waals surface area contributed by atoms with Crippen LogP contribution >= 0.6 is 0 Å². The van der Waals surface area contributed by atoms with Crippen molar-refractivity contribution in [2.24, 2.45) is 0 Å². The van der Waals surface area contributed by atoms with Crippen molar-refractivity contribution in [1.82, 2.24) is 0 Å². The summed E-state index contributed by atoms with van der Waals surface area (Å²) in [6.07, 6.45) is 6.42. The lowest BCUT2D eigenvalue weighted by molar-refractivity contribution is 0.599. The summed E-state index contributed by atoms with van der Waals surface area (Å²) >= 11 is 0. The predicted octanol–water partition coefficient (Wildman–Crippen LogP) is 12.5. The molecule has 0 atom stereocenters. The second-order valence-electron chi connectivity index (χ2n) is 15.0. The second kappa shape index (κ2) is 10.4. The van der Waals surface area contributed by atoms with Crippen LogP contribution < -0.4 is 4.90 Å². The summed E-state index contributed by atoms with van der Waals surface area (Å²) in [7, 11) is 0. The topological polar surface area (TPSA) is 16.4 Å². The maximum absolute atomic E-state index is 6.62. The molecule has 0 aliphatic heterocycles. The molecule has 0 radical (unpaired) electrons. The number of rotatable bonds is 4. The monoisotopic (exact) mass is 643 g/mol. The molecule has 4 aliphatic carbocycles. The second-order valence-corrected chi connectivity index (χ2v) is 15.0. The van der Waals surface area contributed by atoms with E-state index in [1.54, 1.807) is 0 Å². The van der Waals surface area contributed by atoms with Gasteiger partial charge >= 0.3 is 0 Å². The molecule has 0 bridgehead atoms. The lowest BCUT2D eigenvalue weighted by Crippen LogP contribution is -2.24. The Morgan fingerprint density at radius 1 is 0.640 bits per heavy atom. The third-order valence-corrected chi connectivity index (χ3v) is 11.6. The Kier molecular flexibility index (Phi) is 6.04. The van der Waals surface area contributed by atoms with Gasteiger partial charge in [0.2, 0.25) is 0 Å². The Labute approximate surface area is 293 Å². The average molecular weight is 644 g/mol. The average Bonchev–Trinajstić information content (AvgIpc) is 3.73. The van der Waals surface area contributed by atoms with Crippen molar-refractivity contribution in [3.8, 4) is 11.1 Å². The minimum absolute atomic E-state index is 0.0847. The van der Waals surface area contributed by atoms with Gasteiger partial charge in [0.15, 0.2) is 5.76 Å². The van der Waals surface area contributed by atoms with Gasteiger partial charge in [0.1, 0.15) is 5.58 Å². The molecular formula is C48H37NO. The highest BCUT2D eigenvalue weighted by atomic mass is 16.3. The van der Waals surface area contributed by atoms with Gasteiger partial charge in [-0.3, -0.25) is 0 Å². The normalized spacial score (nSPS) is 17.1. The molecule has 0 saturated carbocycles. The lowest BCUT2D eigenvalue weighted by Gasteiger charge is -2.36. The van der Waals surface area contributed by atoms with Gasteiger partial charge in [-0.05, 0) is 64.4 Å². The Morgan fingerprint density at radius 3 is 2.14 bits per heavy atom. The molecule has 0 N–H and O–H groups in total. The van der Waals surface area contributed by atoms with Crippen LogP contribution in [-0.2, 0) is 10.8 Å². The first-order chi connectivity index (χ1) is 24.4. The van der Waals surface area contributed by atoms with Crippen LogP contribution in [-0.4, -0.2) is 0 Å². The highest BCUT2D eigenvalue weighted by Gasteiger charge is 2.43. The summed E-state index contributed by atoms with van der Waals surface area (Å²) in [6, 6.07) is 42.1. The predicted molar refractivity (Wildman–Crippen MR) is 207 cm³/mol. The van der Waals surface area contributed by atoms with Crippen molar-refractivity contribution in [2.45, 2.75) is 51.4 Å². The minimum atomic E-state index is -0.118. The van der Waals surface area contributed by atoms with Crippen LogP contribution in [0.15, 0.2) is 148 Å². The van der Waals surface area contributed by atoms with Gasteiger partial charge in [-0.25, -0.2) is 0 Å².